The molecule has 1 aromatic heterocycles. The molecule has 0 bridgehead atoms. The highest BCUT2D eigenvalue weighted by atomic mass is 16.5. The van der Waals surface area contributed by atoms with E-state index in [9.17, 15) is 4.79 Å². The Balaban J connectivity index is 2.41. The number of carbonyl (C=O) groups is 1. The van der Waals surface area contributed by atoms with E-state index in [-0.39, 0.29) is 0 Å². The first kappa shape index (κ1) is 11.3. The molecule has 0 atom stereocenters. The second-order valence-corrected chi connectivity index (χ2v) is 3.72. The van der Waals surface area contributed by atoms with Crippen LogP contribution in [0.3, 0.4) is 0 Å². The van der Waals surface area contributed by atoms with Gasteiger partial charge in [-0.15, -0.1) is 0 Å². The molecule has 0 fully saturated rings. The maximum Gasteiger partial charge on any atom is 0.168 e. The van der Waals surface area contributed by atoms with Crippen LogP contribution in [0, 0.1) is 6.92 Å². The van der Waals surface area contributed by atoms with Gasteiger partial charge in [0.25, 0.3) is 0 Å². The summed E-state index contributed by atoms with van der Waals surface area (Å²) in [7, 11) is 1.64. The first-order valence-electron chi connectivity index (χ1n) is 5.32. The van der Waals surface area contributed by atoms with Gasteiger partial charge in [0.15, 0.2) is 6.29 Å². The normalized spacial score (nSPS) is 10.0. The Bertz CT molecular complexity index is 532. The summed E-state index contributed by atoms with van der Waals surface area (Å²) in [6, 6.07) is 11.4. The topological polar surface area (TPSA) is 39.2 Å². The molecule has 2 rings (SSSR count). The van der Waals surface area contributed by atoms with Crippen LogP contribution < -0.4 is 4.74 Å². The van der Waals surface area contributed by atoms with Gasteiger partial charge < -0.3 is 4.74 Å². The Morgan fingerprint density at radius 2 is 1.82 bits per heavy atom. The highest BCUT2D eigenvalue weighted by molar-refractivity contribution is 5.74. The molecule has 0 radical (unpaired) electrons. The van der Waals surface area contributed by atoms with Gasteiger partial charge >= 0.3 is 0 Å². The van der Waals surface area contributed by atoms with Crippen LogP contribution >= 0.6 is 0 Å². The summed E-state index contributed by atoms with van der Waals surface area (Å²) in [6.45, 7) is 1.90. The fourth-order valence-electron chi connectivity index (χ4n) is 1.72. The van der Waals surface area contributed by atoms with E-state index in [0.717, 1.165) is 28.9 Å². The van der Waals surface area contributed by atoms with Crippen molar-refractivity contribution in [2.24, 2.45) is 0 Å². The van der Waals surface area contributed by atoms with Gasteiger partial charge in [0, 0.05) is 11.3 Å². The van der Waals surface area contributed by atoms with Crippen molar-refractivity contribution in [2.75, 3.05) is 7.11 Å². The molecule has 0 N–H and O–H groups in total. The van der Waals surface area contributed by atoms with Crippen molar-refractivity contribution in [1.82, 2.24) is 4.98 Å². The number of hydrogen-bond acceptors (Lipinski definition) is 3. The molecule has 3 nitrogen and oxygen atoms in total. The first-order chi connectivity index (χ1) is 8.24. The Hall–Kier alpha value is -2.16. The smallest absolute Gasteiger partial charge is 0.168 e. The van der Waals surface area contributed by atoms with E-state index in [1.807, 2.05) is 37.3 Å². The van der Waals surface area contributed by atoms with Crippen molar-refractivity contribution in [3.8, 4) is 16.9 Å². The van der Waals surface area contributed by atoms with Crippen LogP contribution in [0.5, 0.6) is 5.75 Å². The zero-order chi connectivity index (χ0) is 12.3. The van der Waals surface area contributed by atoms with E-state index in [2.05, 4.69) is 4.98 Å². The number of nitrogens with zero attached hydrogens (tertiary/aromatic N) is 1. The zero-order valence-corrected chi connectivity index (χ0v) is 9.81. The van der Waals surface area contributed by atoms with E-state index in [0.29, 0.717) is 5.69 Å². The largest absolute Gasteiger partial charge is 0.497 e. The molecule has 86 valence electrons. The molecule has 0 aliphatic heterocycles. The predicted octanol–water partition coefficient (Wildman–Crippen LogP) is 2.88. The van der Waals surface area contributed by atoms with Gasteiger partial charge in [0.2, 0.25) is 0 Å². The molecule has 3 heteroatoms. The SMILES string of the molecule is COc1ccc(-c2ccc(C=O)nc2C)cc1. The molecule has 0 amide bonds. The number of pyridine rings is 1. The Morgan fingerprint density at radius 1 is 1.12 bits per heavy atom. The van der Waals surface area contributed by atoms with E-state index < -0.39 is 0 Å². The lowest BCUT2D eigenvalue weighted by molar-refractivity contribution is 0.111. The number of hydrogen-bond donors (Lipinski definition) is 0. The highest BCUT2D eigenvalue weighted by Gasteiger charge is 2.04. The quantitative estimate of drug-likeness (QED) is 0.757. The van der Waals surface area contributed by atoms with Crippen molar-refractivity contribution >= 4 is 6.29 Å². The number of ether oxygens (including phenoxy) is 1. The summed E-state index contributed by atoms with van der Waals surface area (Å²) >= 11 is 0. The van der Waals surface area contributed by atoms with Crippen molar-refractivity contribution < 1.29 is 9.53 Å². The van der Waals surface area contributed by atoms with E-state index in [1.54, 1.807) is 13.2 Å². The van der Waals surface area contributed by atoms with Crippen LogP contribution in [0.25, 0.3) is 11.1 Å². The van der Waals surface area contributed by atoms with Gasteiger partial charge in [-0.1, -0.05) is 18.2 Å². The molecule has 0 aliphatic rings. The standard InChI is InChI=1S/C14H13NO2/c1-10-14(8-5-12(9-16)15-10)11-3-6-13(17-2)7-4-11/h3-9H,1-2H3. The lowest BCUT2D eigenvalue weighted by atomic mass is 10.0. The minimum atomic E-state index is 0.458. The van der Waals surface area contributed by atoms with Gasteiger partial charge in [-0.25, -0.2) is 4.98 Å². The highest BCUT2D eigenvalue weighted by Crippen LogP contribution is 2.24. The fraction of sp³-hybridized carbons (Fsp3) is 0.143. The lowest BCUT2D eigenvalue weighted by Crippen LogP contribution is -1.93. The number of carbonyl (C=O) groups excluding carboxylic acids is 1. The molecule has 2 aromatic rings. The Morgan fingerprint density at radius 3 is 2.35 bits per heavy atom. The minimum Gasteiger partial charge on any atom is -0.497 e. The Kier molecular flexibility index (Phi) is 3.19. The van der Waals surface area contributed by atoms with Gasteiger partial charge in [-0.2, -0.15) is 0 Å². The fourth-order valence-corrected chi connectivity index (χ4v) is 1.72. The Labute approximate surface area is 100 Å². The lowest BCUT2D eigenvalue weighted by Gasteiger charge is -2.06. The van der Waals surface area contributed by atoms with Crippen LogP contribution in [0.2, 0.25) is 0 Å². The van der Waals surface area contributed by atoms with Crippen LogP contribution in [-0.2, 0) is 0 Å². The third kappa shape index (κ3) is 2.33. The molecule has 0 unspecified atom stereocenters. The monoisotopic (exact) mass is 227 g/mol. The summed E-state index contributed by atoms with van der Waals surface area (Å²) in [5.74, 6) is 0.823. The molecule has 17 heavy (non-hydrogen) atoms. The summed E-state index contributed by atoms with van der Waals surface area (Å²) in [5.41, 5.74) is 3.39. The summed E-state index contributed by atoms with van der Waals surface area (Å²) in [4.78, 5) is 14.8. The van der Waals surface area contributed by atoms with Crippen molar-refractivity contribution in [1.29, 1.82) is 0 Å². The third-order valence-corrected chi connectivity index (χ3v) is 2.63. The second-order valence-electron chi connectivity index (χ2n) is 3.72. The molecule has 0 spiro atoms. The maximum absolute atomic E-state index is 10.6. The minimum absolute atomic E-state index is 0.458. The van der Waals surface area contributed by atoms with Crippen LogP contribution in [0.4, 0.5) is 0 Å². The van der Waals surface area contributed by atoms with E-state index >= 15 is 0 Å². The third-order valence-electron chi connectivity index (χ3n) is 2.63. The summed E-state index contributed by atoms with van der Waals surface area (Å²) in [5, 5.41) is 0. The van der Waals surface area contributed by atoms with E-state index in [4.69, 9.17) is 4.74 Å². The molecule has 0 aliphatic carbocycles. The number of aryl methyl sites for hydroxylation is 1. The van der Waals surface area contributed by atoms with Crippen molar-refractivity contribution in [3.63, 3.8) is 0 Å². The maximum atomic E-state index is 10.6. The van der Waals surface area contributed by atoms with Crippen LogP contribution in [0.1, 0.15) is 16.2 Å². The predicted molar refractivity (Wildman–Crippen MR) is 66.3 cm³/mol. The second kappa shape index (κ2) is 4.78. The number of rotatable bonds is 3. The number of aromatic nitrogens is 1. The number of methoxy groups -OCH3 is 1. The van der Waals surface area contributed by atoms with Crippen molar-refractivity contribution in [2.45, 2.75) is 6.92 Å². The van der Waals surface area contributed by atoms with Crippen LogP contribution in [0.15, 0.2) is 36.4 Å². The molecule has 0 saturated heterocycles. The molecule has 1 aromatic carbocycles. The average molecular weight is 227 g/mol. The molecule has 1 heterocycles. The number of benzene rings is 1. The molecular weight excluding hydrogens is 214 g/mol. The van der Waals surface area contributed by atoms with Gasteiger partial charge in [0.05, 0.1) is 7.11 Å². The summed E-state index contributed by atoms with van der Waals surface area (Å²) in [6.07, 6.45) is 0.755. The molecular formula is C14H13NO2. The van der Waals surface area contributed by atoms with Gasteiger partial charge in [-0.3, -0.25) is 4.79 Å². The van der Waals surface area contributed by atoms with Crippen LogP contribution in [-0.4, -0.2) is 18.4 Å². The summed E-state index contributed by atoms with van der Waals surface area (Å²) < 4.78 is 5.11. The van der Waals surface area contributed by atoms with Crippen molar-refractivity contribution in [3.05, 3.63) is 47.8 Å². The molecule has 0 saturated carbocycles. The zero-order valence-electron chi connectivity index (χ0n) is 9.81. The van der Waals surface area contributed by atoms with E-state index in [1.165, 1.54) is 0 Å². The van der Waals surface area contributed by atoms with Gasteiger partial charge in [0.1, 0.15) is 11.4 Å². The average Bonchev–Trinajstić information content (AvgIpc) is 2.39. The number of aldehydes is 1. The van der Waals surface area contributed by atoms with Gasteiger partial charge in [-0.05, 0) is 30.7 Å². The first-order valence-corrected chi connectivity index (χ1v) is 5.32.